The van der Waals surface area contributed by atoms with Gasteiger partial charge in [-0.2, -0.15) is 4.31 Å². The Morgan fingerprint density at radius 2 is 2.11 bits per heavy atom. The van der Waals surface area contributed by atoms with Crippen LogP contribution in [0.4, 0.5) is 0 Å². The lowest BCUT2D eigenvalue weighted by Gasteiger charge is -2.19. The number of allylic oxidation sites excluding steroid dienone is 5. The number of hydrogen-bond donors (Lipinski definition) is 0. The van der Waals surface area contributed by atoms with Gasteiger partial charge in [0, 0.05) is 12.5 Å². The van der Waals surface area contributed by atoms with Crippen molar-refractivity contribution in [2.45, 2.75) is 26.7 Å². The summed E-state index contributed by atoms with van der Waals surface area (Å²) >= 11 is 0. The van der Waals surface area contributed by atoms with Crippen molar-refractivity contribution in [1.29, 1.82) is 0 Å². The predicted molar refractivity (Wildman–Crippen MR) is 77.0 cm³/mol. The Kier molecular flexibility index (Phi) is 5.69. The van der Waals surface area contributed by atoms with E-state index in [1.807, 2.05) is 6.92 Å². The summed E-state index contributed by atoms with van der Waals surface area (Å²) in [6.07, 6.45) is 7.87. The summed E-state index contributed by atoms with van der Waals surface area (Å²) in [6, 6.07) is 0. The molecular formula is C14H21NO3S. The van der Waals surface area contributed by atoms with Gasteiger partial charge < -0.3 is 0 Å². The van der Waals surface area contributed by atoms with Crippen molar-refractivity contribution in [3.05, 3.63) is 35.8 Å². The summed E-state index contributed by atoms with van der Waals surface area (Å²) in [6.45, 7) is 7.32. The first-order valence-corrected chi connectivity index (χ1v) is 7.82. The Morgan fingerprint density at radius 3 is 2.74 bits per heavy atom. The highest BCUT2D eigenvalue weighted by molar-refractivity contribution is 7.93. The SMILES string of the molecule is C=C/C=C\C=C(/C)S(=O)(=O)N1CCCC(C)C(=O)C1. The smallest absolute Gasteiger partial charge is 0.239 e. The fourth-order valence-electron chi connectivity index (χ4n) is 1.91. The Morgan fingerprint density at radius 1 is 1.42 bits per heavy atom. The molecule has 1 fully saturated rings. The van der Waals surface area contributed by atoms with E-state index in [0.29, 0.717) is 6.54 Å². The molecule has 4 nitrogen and oxygen atoms in total. The first kappa shape index (κ1) is 15.9. The van der Waals surface area contributed by atoms with Crippen molar-refractivity contribution in [1.82, 2.24) is 4.31 Å². The van der Waals surface area contributed by atoms with Crippen LogP contribution in [0.2, 0.25) is 0 Å². The molecule has 5 heteroatoms. The topological polar surface area (TPSA) is 54.5 Å². The summed E-state index contributed by atoms with van der Waals surface area (Å²) < 4.78 is 25.9. The van der Waals surface area contributed by atoms with Crippen molar-refractivity contribution in [3.8, 4) is 0 Å². The molecule has 0 aromatic heterocycles. The van der Waals surface area contributed by atoms with E-state index in [-0.39, 0.29) is 23.2 Å². The maximum atomic E-state index is 12.3. The highest BCUT2D eigenvalue weighted by atomic mass is 32.2. The summed E-state index contributed by atoms with van der Waals surface area (Å²) in [5.74, 6) is -0.0549. The predicted octanol–water partition coefficient (Wildman–Crippen LogP) is 2.26. The summed E-state index contributed by atoms with van der Waals surface area (Å²) in [5, 5.41) is 0. The lowest BCUT2D eigenvalue weighted by Crippen LogP contribution is -2.36. The minimum atomic E-state index is -3.53. The van der Waals surface area contributed by atoms with Gasteiger partial charge in [-0.15, -0.1) is 0 Å². The van der Waals surface area contributed by atoms with Crippen molar-refractivity contribution in [2.75, 3.05) is 13.1 Å². The van der Waals surface area contributed by atoms with Crippen LogP contribution in [0.3, 0.4) is 0 Å². The van der Waals surface area contributed by atoms with Gasteiger partial charge in [-0.05, 0) is 25.8 Å². The summed E-state index contributed by atoms with van der Waals surface area (Å²) in [7, 11) is -3.53. The van der Waals surface area contributed by atoms with Crippen LogP contribution in [0.5, 0.6) is 0 Å². The second kappa shape index (κ2) is 6.82. The molecule has 0 spiro atoms. The normalized spacial score (nSPS) is 23.6. The maximum Gasteiger partial charge on any atom is 0.239 e. The number of nitrogens with zero attached hydrogens (tertiary/aromatic N) is 1. The van der Waals surface area contributed by atoms with E-state index in [2.05, 4.69) is 6.58 Å². The van der Waals surface area contributed by atoms with Crippen LogP contribution in [0, 0.1) is 5.92 Å². The molecule has 19 heavy (non-hydrogen) atoms. The molecule has 0 radical (unpaired) electrons. The van der Waals surface area contributed by atoms with Crippen molar-refractivity contribution < 1.29 is 13.2 Å². The molecule has 1 aliphatic heterocycles. The molecular weight excluding hydrogens is 262 g/mol. The molecule has 0 amide bonds. The van der Waals surface area contributed by atoms with Gasteiger partial charge >= 0.3 is 0 Å². The van der Waals surface area contributed by atoms with Gasteiger partial charge in [0.25, 0.3) is 0 Å². The zero-order valence-corrected chi connectivity index (χ0v) is 12.3. The molecule has 1 heterocycles. The number of hydrogen-bond acceptors (Lipinski definition) is 3. The molecule has 1 saturated heterocycles. The van der Waals surface area contributed by atoms with Crippen LogP contribution >= 0.6 is 0 Å². The molecule has 0 saturated carbocycles. The lowest BCUT2D eigenvalue weighted by atomic mass is 10.0. The van der Waals surface area contributed by atoms with E-state index in [4.69, 9.17) is 0 Å². The number of rotatable bonds is 4. The number of carbonyl (C=O) groups excluding carboxylic acids is 1. The molecule has 106 valence electrons. The van der Waals surface area contributed by atoms with Crippen LogP contribution in [0.15, 0.2) is 35.8 Å². The monoisotopic (exact) mass is 283 g/mol. The number of sulfonamides is 1. The Hall–Kier alpha value is -1.20. The van der Waals surface area contributed by atoms with Gasteiger partial charge in [0.1, 0.15) is 0 Å². The zero-order valence-electron chi connectivity index (χ0n) is 11.5. The largest absolute Gasteiger partial charge is 0.298 e. The highest BCUT2D eigenvalue weighted by Crippen LogP contribution is 2.20. The van der Waals surface area contributed by atoms with Crippen LogP contribution in [-0.2, 0) is 14.8 Å². The number of Topliss-reactive ketones (excluding diaryl/α,β-unsaturated/α-hetero) is 1. The van der Waals surface area contributed by atoms with Crippen LogP contribution in [0.1, 0.15) is 26.7 Å². The molecule has 0 bridgehead atoms. The maximum absolute atomic E-state index is 12.3. The number of ketones is 1. The molecule has 0 N–H and O–H groups in total. The van der Waals surface area contributed by atoms with Crippen LogP contribution in [0.25, 0.3) is 0 Å². The second-order valence-electron chi connectivity index (χ2n) is 4.75. The van der Waals surface area contributed by atoms with Crippen LogP contribution < -0.4 is 0 Å². The molecule has 1 aliphatic rings. The average Bonchev–Trinajstić information content (AvgIpc) is 2.52. The van der Waals surface area contributed by atoms with Crippen molar-refractivity contribution in [3.63, 3.8) is 0 Å². The summed E-state index contributed by atoms with van der Waals surface area (Å²) in [5.41, 5.74) is 0. The second-order valence-corrected chi connectivity index (χ2v) is 6.86. The van der Waals surface area contributed by atoms with E-state index in [9.17, 15) is 13.2 Å². The quantitative estimate of drug-likeness (QED) is 0.744. The third-order valence-electron chi connectivity index (χ3n) is 3.25. The third kappa shape index (κ3) is 4.14. The van der Waals surface area contributed by atoms with Gasteiger partial charge in [-0.25, -0.2) is 8.42 Å². The third-order valence-corrected chi connectivity index (χ3v) is 5.19. The van der Waals surface area contributed by atoms with Gasteiger partial charge in [-0.3, -0.25) is 4.79 Å². The van der Waals surface area contributed by atoms with Gasteiger partial charge in [0.15, 0.2) is 5.78 Å². The first-order valence-electron chi connectivity index (χ1n) is 6.38. The van der Waals surface area contributed by atoms with Gasteiger partial charge in [-0.1, -0.05) is 31.7 Å². The Bertz CT molecular complexity index is 503. The molecule has 0 aromatic carbocycles. The van der Waals surface area contributed by atoms with Gasteiger partial charge in [0.05, 0.1) is 11.4 Å². The lowest BCUT2D eigenvalue weighted by molar-refractivity contribution is -0.122. The molecule has 1 rings (SSSR count). The van der Waals surface area contributed by atoms with E-state index >= 15 is 0 Å². The average molecular weight is 283 g/mol. The summed E-state index contributed by atoms with van der Waals surface area (Å²) in [4.78, 5) is 12.0. The van der Waals surface area contributed by atoms with Crippen LogP contribution in [-0.4, -0.2) is 31.6 Å². The first-order chi connectivity index (χ1) is 8.89. The van der Waals surface area contributed by atoms with E-state index < -0.39 is 10.0 Å². The standard InChI is InChI=1S/C14H21NO3S/c1-4-5-6-9-13(3)19(17,18)15-10-7-8-12(2)14(16)11-15/h4-6,9,12H,1,7-8,10-11H2,2-3H3/b6-5-,13-9+. The zero-order chi connectivity index (χ0) is 14.5. The van der Waals surface area contributed by atoms with E-state index in [1.54, 1.807) is 25.2 Å². The van der Waals surface area contributed by atoms with Crippen molar-refractivity contribution >= 4 is 15.8 Å². The molecule has 1 unspecified atom stereocenters. The fraction of sp³-hybridized carbons (Fsp3) is 0.500. The minimum Gasteiger partial charge on any atom is -0.298 e. The van der Waals surface area contributed by atoms with Crippen molar-refractivity contribution in [2.24, 2.45) is 5.92 Å². The molecule has 1 atom stereocenters. The minimum absolute atomic E-state index is 0.00416. The number of carbonyl (C=O) groups is 1. The Labute approximate surface area is 115 Å². The molecule has 0 aromatic rings. The highest BCUT2D eigenvalue weighted by Gasteiger charge is 2.30. The molecule has 0 aliphatic carbocycles. The Balaban J connectivity index is 2.93. The van der Waals surface area contributed by atoms with E-state index in [0.717, 1.165) is 12.8 Å². The fourth-order valence-corrected chi connectivity index (χ4v) is 3.23. The van der Waals surface area contributed by atoms with Gasteiger partial charge in [0.2, 0.25) is 10.0 Å². The van der Waals surface area contributed by atoms with E-state index in [1.165, 1.54) is 10.4 Å².